The van der Waals surface area contributed by atoms with Gasteiger partial charge in [-0.05, 0) is 64.2 Å². The van der Waals surface area contributed by atoms with Crippen molar-refractivity contribution in [3.63, 3.8) is 0 Å². The summed E-state index contributed by atoms with van der Waals surface area (Å²) in [5, 5.41) is 9.88. The number of rotatable bonds is 7. The molecule has 1 aliphatic heterocycles. The fourth-order valence-electron chi connectivity index (χ4n) is 3.56. The second-order valence-electron chi connectivity index (χ2n) is 8.41. The van der Waals surface area contributed by atoms with Crippen LogP contribution in [0.25, 0.3) is 0 Å². The molecule has 1 aromatic carbocycles. The number of ether oxygens (including phenoxy) is 1. The summed E-state index contributed by atoms with van der Waals surface area (Å²) in [5.41, 5.74) is -0.0994. The van der Waals surface area contributed by atoms with Crippen LogP contribution in [0.4, 0.5) is 4.79 Å². The first kappa shape index (κ1) is 24.1. The highest BCUT2D eigenvalue weighted by Crippen LogP contribution is 2.25. The standard InChI is InChI=1S/C22H32N2O5S/c1-22(2,3)29-21(28)23-13-10-17(11-14-23)24(18(20(26)27)12-15-30-4)19(25)16-8-6-5-7-9-16/h5-9,17-18H,10-15H2,1-4H3,(H,26,27)/t18-/m0/s1. The van der Waals surface area contributed by atoms with Crippen molar-refractivity contribution in [2.45, 2.75) is 57.7 Å². The molecule has 0 bridgehead atoms. The van der Waals surface area contributed by atoms with Crippen molar-refractivity contribution in [2.75, 3.05) is 25.1 Å². The number of hydrogen-bond donors (Lipinski definition) is 1. The van der Waals surface area contributed by atoms with Crippen LogP contribution < -0.4 is 0 Å². The molecule has 2 amide bonds. The molecule has 7 nitrogen and oxygen atoms in total. The van der Waals surface area contributed by atoms with Gasteiger partial charge in [0.15, 0.2) is 0 Å². The van der Waals surface area contributed by atoms with Crippen molar-refractivity contribution >= 4 is 29.7 Å². The van der Waals surface area contributed by atoms with Gasteiger partial charge in [-0.1, -0.05) is 18.2 Å². The number of aliphatic carboxylic acids is 1. The first-order chi connectivity index (χ1) is 14.1. The van der Waals surface area contributed by atoms with Crippen LogP contribution in [-0.2, 0) is 9.53 Å². The first-order valence-corrected chi connectivity index (χ1v) is 11.6. The molecule has 1 fully saturated rings. The molecule has 1 N–H and O–H groups in total. The van der Waals surface area contributed by atoms with Gasteiger partial charge in [0, 0.05) is 24.7 Å². The average molecular weight is 437 g/mol. The third-order valence-electron chi connectivity index (χ3n) is 4.98. The average Bonchev–Trinajstić information content (AvgIpc) is 2.70. The number of benzene rings is 1. The Bertz CT molecular complexity index is 727. The van der Waals surface area contributed by atoms with Crippen LogP contribution in [0.3, 0.4) is 0 Å². The van der Waals surface area contributed by atoms with E-state index < -0.39 is 17.6 Å². The van der Waals surface area contributed by atoms with E-state index in [0.717, 1.165) is 0 Å². The SMILES string of the molecule is CSCC[C@@H](C(=O)O)N(C(=O)c1ccccc1)C1CCN(C(=O)OC(C)(C)C)CC1. The van der Waals surface area contributed by atoms with Crippen molar-refractivity contribution in [2.24, 2.45) is 0 Å². The second-order valence-corrected chi connectivity index (χ2v) is 9.40. The minimum Gasteiger partial charge on any atom is -0.480 e. The minimum absolute atomic E-state index is 0.251. The molecule has 8 heteroatoms. The summed E-state index contributed by atoms with van der Waals surface area (Å²) in [4.78, 5) is 40.9. The third kappa shape index (κ3) is 6.65. The van der Waals surface area contributed by atoms with Gasteiger partial charge in [0.2, 0.25) is 0 Å². The van der Waals surface area contributed by atoms with Gasteiger partial charge in [-0.15, -0.1) is 0 Å². The van der Waals surface area contributed by atoms with Crippen LogP contribution >= 0.6 is 11.8 Å². The maximum absolute atomic E-state index is 13.3. The first-order valence-electron chi connectivity index (χ1n) is 10.2. The molecule has 0 radical (unpaired) electrons. The van der Waals surface area contributed by atoms with Crippen LogP contribution in [-0.4, -0.2) is 75.7 Å². The van der Waals surface area contributed by atoms with Gasteiger partial charge in [0.25, 0.3) is 5.91 Å². The molecule has 2 rings (SSSR count). The molecular formula is C22H32N2O5S. The number of hydrogen-bond acceptors (Lipinski definition) is 5. The molecule has 30 heavy (non-hydrogen) atoms. The number of amides is 2. The van der Waals surface area contributed by atoms with Gasteiger partial charge in [-0.25, -0.2) is 9.59 Å². The van der Waals surface area contributed by atoms with Crippen molar-refractivity contribution in [1.29, 1.82) is 0 Å². The minimum atomic E-state index is -0.997. The van der Waals surface area contributed by atoms with Gasteiger partial charge in [-0.3, -0.25) is 4.79 Å². The summed E-state index contributed by atoms with van der Waals surface area (Å²) in [6.45, 7) is 6.31. The number of piperidine rings is 1. The predicted molar refractivity (Wildman–Crippen MR) is 118 cm³/mol. The number of likely N-dealkylation sites (tertiary alicyclic amines) is 1. The molecule has 1 heterocycles. The number of thioether (sulfide) groups is 1. The summed E-state index contributed by atoms with van der Waals surface area (Å²) >= 11 is 1.56. The van der Waals surface area contributed by atoms with E-state index in [0.29, 0.717) is 43.7 Å². The molecular weight excluding hydrogens is 404 g/mol. The maximum atomic E-state index is 13.3. The molecule has 0 aromatic heterocycles. The fraction of sp³-hybridized carbons (Fsp3) is 0.591. The molecule has 0 spiro atoms. The molecule has 1 aliphatic rings. The van der Waals surface area contributed by atoms with Crippen LogP contribution in [0.5, 0.6) is 0 Å². The maximum Gasteiger partial charge on any atom is 0.410 e. The lowest BCUT2D eigenvalue weighted by Crippen LogP contribution is -2.55. The molecule has 0 saturated carbocycles. The number of nitrogens with zero attached hydrogens (tertiary/aromatic N) is 2. The smallest absolute Gasteiger partial charge is 0.410 e. The van der Waals surface area contributed by atoms with E-state index in [1.807, 2.05) is 33.1 Å². The van der Waals surface area contributed by atoms with E-state index >= 15 is 0 Å². The van der Waals surface area contributed by atoms with Crippen LogP contribution in [0.1, 0.15) is 50.4 Å². The van der Waals surface area contributed by atoms with Crippen molar-refractivity contribution in [1.82, 2.24) is 9.80 Å². The normalized spacial score (nSPS) is 16.1. The molecule has 166 valence electrons. The Morgan fingerprint density at radius 2 is 1.80 bits per heavy atom. The number of carboxylic acids is 1. The van der Waals surface area contributed by atoms with E-state index in [4.69, 9.17) is 4.74 Å². The lowest BCUT2D eigenvalue weighted by atomic mass is 9.98. The Kier molecular flexibility index (Phi) is 8.58. The Morgan fingerprint density at radius 3 is 2.30 bits per heavy atom. The Balaban J connectivity index is 2.20. The zero-order valence-electron chi connectivity index (χ0n) is 18.2. The van der Waals surface area contributed by atoms with E-state index in [1.165, 1.54) is 4.90 Å². The van der Waals surface area contributed by atoms with Crippen LogP contribution in [0.2, 0.25) is 0 Å². The van der Waals surface area contributed by atoms with Crippen molar-refractivity contribution in [3.05, 3.63) is 35.9 Å². The molecule has 0 unspecified atom stereocenters. The van der Waals surface area contributed by atoms with Crippen LogP contribution in [0, 0.1) is 0 Å². The Morgan fingerprint density at radius 1 is 1.20 bits per heavy atom. The fourth-order valence-corrected chi connectivity index (χ4v) is 4.01. The Hall–Kier alpha value is -2.22. The van der Waals surface area contributed by atoms with E-state index in [9.17, 15) is 19.5 Å². The third-order valence-corrected chi connectivity index (χ3v) is 5.63. The quantitative estimate of drug-likeness (QED) is 0.701. The van der Waals surface area contributed by atoms with E-state index in [1.54, 1.807) is 40.9 Å². The molecule has 1 aromatic rings. The largest absolute Gasteiger partial charge is 0.480 e. The number of carbonyl (C=O) groups excluding carboxylic acids is 2. The highest BCUT2D eigenvalue weighted by Gasteiger charge is 2.38. The summed E-state index contributed by atoms with van der Waals surface area (Å²) in [7, 11) is 0. The van der Waals surface area contributed by atoms with Gasteiger partial charge in [0.1, 0.15) is 11.6 Å². The number of carboxylic acid groups (broad SMARTS) is 1. The second kappa shape index (κ2) is 10.7. The predicted octanol–water partition coefficient (Wildman–Crippen LogP) is 3.73. The highest BCUT2D eigenvalue weighted by atomic mass is 32.2. The molecule has 0 aliphatic carbocycles. The summed E-state index contributed by atoms with van der Waals surface area (Å²) in [5.74, 6) is -0.630. The Labute approximate surface area is 182 Å². The number of carbonyl (C=O) groups is 3. The van der Waals surface area contributed by atoms with Gasteiger partial charge in [0.05, 0.1) is 0 Å². The van der Waals surface area contributed by atoms with Gasteiger partial charge in [-0.2, -0.15) is 11.8 Å². The van der Waals surface area contributed by atoms with Gasteiger partial charge < -0.3 is 19.6 Å². The van der Waals surface area contributed by atoms with E-state index in [-0.39, 0.29) is 18.0 Å². The highest BCUT2D eigenvalue weighted by molar-refractivity contribution is 7.98. The van der Waals surface area contributed by atoms with Crippen LogP contribution in [0.15, 0.2) is 30.3 Å². The van der Waals surface area contributed by atoms with Crippen molar-refractivity contribution in [3.8, 4) is 0 Å². The van der Waals surface area contributed by atoms with E-state index in [2.05, 4.69) is 0 Å². The van der Waals surface area contributed by atoms with Gasteiger partial charge >= 0.3 is 12.1 Å². The zero-order chi connectivity index (χ0) is 22.3. The summed E-state index contributed by atoms with van der Waals surface area (Å²) in [6.07, 6.45) is 2.95. The lowest BCUT2D eigenvalue weighted by molar-refractivity contribution is -0.143. The lowest BCUT2D eigenvalue weighted by Gasteiger charge is -2.41. The topological polar surface area (TPSA) is 87.2 Å². The van der Waals surface area contributed by atoms with Crippen molar-refractivity contribution < 1.29 is 24.2 Å². The molecule has 1 atom stereocenters. The summed E-state index contributed by atoms with van der Waals surface area (Å²) in [6, 6.07) is 7.63. The zero-order valence-corrected chi connectivity index (χ0v) is 19.0. The monoisotopic (exact) mass is 436 g/mol. The molecule has 1 saturated heterocycles. The summed E-state index contributed by atoms with van der Waals surface area (Å²) < 4.78 is 5.44.